The van der Waals surface area contributed by atoms with Gasteiger partial charge >= 0.3 is 0 Å². The number of carbonyl (C=O) groups is 2. The molecule has 0 spiro atoms. The van der Waals surface area contributed by atoms with Crippen molar-refractivity contribution in [1.82, 2.24) is 5.32 Å². The smallest absolute Gasteiger partial charge is 0.257 e. The van der Waals surface area contributed by atoms with Crippen LogP contribution in [-0.4, -0.2) is 24.9 Å². The molecule has 0 aliphatic heterocycles. The van der Waals surface area contributed by atoms with Gasteiger partial charge in [0.25, 0.3) is 5.91 Å². The SMILES string of the molecule is O=C(CNCC1CC1)Nc1ccc(Cl)c(C(=O)Nc2ccccc2)c1. The summed E-state index contributed by atoms with van der Waals surface area (Å²) in [7, 11) is 0. The average Bonchev–Trinajstić information content (AvgIpc) is 3.42. The van der Waals surface area contributed by atoms with Gasteiger partial charge in [0.1, 0.15) is 0 Å². The molecule has 1 saturated carbocycles. The lowest BCUT2D eigenvalue weighted by molar-refractivity contribution is -0.115. The fourth-order valence-electron chi connectivity index (χ4n) is 2.41. The summed E-state index contributed by atoms with van der Waals surface area (Å²) < 4.78 is 0. The van der Waals surface area contributed by atoms with E-state index in [1.54, 1.807) is 30.3 Å². The minimum absolute atomic E-state index is 0.141. The Kier molecular flexibility index (Phi) is 5.68. The maximum absolute atomic E-state index is 12.4. The van der Waals surface area contributed by atoms with Crippen LogP contribution < -0.4 is 16.0 Å². The van der Waals surface area contributed by atoms with Crippen molar-refractivity contribution in [3.8, 4) is 0 Å². The molecule has 3 rings (SSSR count). The molecule has 0 aromatic heterocycles. The zero-order chi connectivity index (χ0) is 17.6. The third kappa shape index (κ3) is 5.31. The number of anilines is 2. The monoisotopic (exact) mass is 357 g/mol. The second-order valence-corrected chi connectivity index (χ2v) is 6.54. The summed E-state index contributed by atoms with van der Waals surface area (Å²) in [5.74, 6) is 0.258. The van der Waals surface area contributed by atoms with E-state index in [0.29, 0.717) is 22.0 Å². The van der Waals surface area contributed by atoms with E-state index >= 15 is 0 Å². The summed E-state index contributed by atoms with van der Waals surface area (Å²) >= 11 is 6.13. The van der Waals surface area contributed by atoms with Crippen LogP contribution in [-0.2, 0) is 4.79 Å². The predicted octanol–water partition coefficient (Wildman–Crippen LogP) is 3.53. The van der Waals surface area contributed by atoms with Gasteiger partial charge in [-0.3, -0.25) is 9.59 Å². The van der Waals surface area contributed by atoms with Gasteiger partial charge in [0.05, 0.1) is 17.1 Å². The molecule has 0 heterocycles. The Balaban J connectivity index is 1.60. The highest BCUT2D eigenvalue weighted by Crippen LogP contribution is 2.27. The molecule has 2 amide bonds. The van der Waals surface area contributed by atoms with E-state index in [0.717, 1.165) is 12.5 Å². The summed E-state index contributed by atoms with van der Waals surface area (Å²) in [5, 5.41) is 9.03. The first kappa shape index (κ1) is 17.5. The molecule has 25 heavy (non-hydrogen) atoms. The Labute approximate surface area is 151 Å². The van der Waals surface area contributed by atoms with Crippen molar-refractivity contribution in [1.29, 1.82) is 0 Å². The number of halogens is 1. The van der Waals surface area contributed by atoms with Crippen molar-refractivity contribution < 1.29 is 9.59 Å². The fourth-order valence-corrected chi connectivity index (χ4v) is 2.62. The van der Waals surface area contributed by atoms with Crippen molar-refractivity contribution in [2.75, 3.05) is 23.7 Å². The van der Waals surface area contributed by atoms with Crippen molar-refractivity contribution in [3.05, 3.63) is 59.1 Å². The molecule has 2 aromatic rings. The summed E-state index contributed by atoms with van der Waals surface area (Å²) in [4.78, 5) is 24.4. The molecule has 2 aromatic carbocycles. The van der Waals surface area contributed by atoms with E-state index < -0.39 is 0 Å². The molecule has 0 unspecified atom stereocenters. The number of hydrogen-bond acceptors (Lipinski definition) is 3. The molecule has 1 aliphatic rings. The Morgan fingerprint density at radius 3 is 2.48 bits per heavy atom. The predicted molar refractivity (Wildman–Crippen MR) is 100 cm³/mol. The minimum Gasteiger partial charge on any atom is -0.325 e. The van der Waals surface area contributed by atoms with E-state index in [-0.39, 0.29) is 18.4 Å². The second-order valence-electron chi connectivity index (χ2n) is 6.14. The molecule has 0 bridgehead atoms. The molecule has 1 fully saturated rings. The van der Waals surface area contributed by atoms with Gasteiger partial charge in [0, 0.05) is 11.4 Å². The van der Waals surface area contributed by atoms with E-state index in [1.165, 1.54) is 12.8 Å². The standard InChI is InChI=1S/C19H20ClN3O2/c20-17-9-8-15(22-18(24)12-21-11-13-6-7-13)10-16(17)19(25)23-14-4-2-1-3-5-14/h1-5,8-10,13,21H,6-7,11-12H2,(H,22,24)(H,23,25). The van der Waals surface area contributed by atoms with Gasteiger partial charge in [-0.1, -0.05) is 29.8 Å². The van der Waals surface area contributed by atoms with Crippen LogP contribution in [0.5, 0.6) is 0 Å². The number of amides is 2. The van der Waals surface area contributed by atoms with E-state index in [4.69, 9.17) is 11.6 Å². The van der Waals surface area contributed by atoms with Crippen LogP contribution >= 0.6 is 11.6 Å². The summed E-state index contributed by atoms with van der Waals surface area (Å²) in [6.45, 7) is 1.13. The molecule has 6 heteroatoms. The fraction of sp³-hybridized carbons (Fsp3) is 0.263. The van der Waals surface area contributed by atoms with E-state index in [2.05, 4.69) is 16.0 Å². The molecule has 1 aliphatic carbocycles. The molecule has 0 atom stereocenters. The van der Waals surface area contributed by atoms with Gasteiger partial charge in [-0.25, -0.2) is 0 Å². The maximum atomic E-state index is 12.4. The molecule has 0 radical (unpaired) electrons. The van der Waals surface area contributed by atoms with Crippen LogP contribution in [0.4, 0.5) is 11.4 Å². The van der Waals surface area contributed by atoms with Crippen LogP contribution in [0.25, 0.3) is 0 Å². The third-order valence-electron chi connectivity index (χ3n) is 3.94. The third-order valence-corrected chi connectivity index (χ3v) is 4.27. The van der Waals surface area contributed by atoms with Gasteiger partial charge in [0.2, 0.25) is 5.91 Å². The lowest BCUT2D eigenvalue weighted by Crippen LogP contribution is -2.29. The number of carbonyl (C=O) groups excluding carboxylic acids is 2. The van der Waals surface area contributed by atoms with Crippen molar-refractivity contribution in [3.63, 3.8) is 0 Å². The quantitative estimate of drug-likeness (QED) is 0.710. The van der Waals surface area contributed by atoms with Crippen LogP contribution in [0.2, 0.25) is 5.02 Å². The molecule has 0 saturated heterocycles. The number of rotatable bonds is 7. The number of para-hydroxylation sites is 1. The maximum Gasteiger partial charge on any atom is 0.257 e. The topological polar surface area (TPSA) is 70.2 Å². The first-order valence-corrected chi connectivity index (χ1v) is 8.66. The van der Waals surface area contributed by atoms with Gasteiger partial charge < -0.3 is 16.0 Å². The zero-order valence-corrected chi connectivity index (χ0v) is 14.5. The Morgan fingerprint density at radius 1 is 1.00 bits per heavy atom. The first-order valence-electron chi connectivity index (χ1n) is 8.28. The molecular weight excluding hydrogens is 338 g/mol. The Hall–Kier alpha value is -2.37. The highest BCUT2D eigenvalue weighted by molar-refractivity contribution is 6.34. The number of nitrogens with one attached hydrogen (secondary N) is 3. The Bertz CT molecular complexity index is 761. The van der Waals surface area contributed by atoms with Crippen molar-refractivity contribution in [2.24, 2.45) is 5.92 Å². The van der Waals surface area contributed by atoms with Crippen LogP contribution in [0.1, 0.15) is 23.2 Å². The Morgan fingerprint density at radius 2 is 1.76 bits per heavy atom. The zero-order valence-electron chi connectivity index (χ0n) is 13.7. The van der Waals surface area contributed by atoms with Gasteiger partial charge in [-0.05, 0) is 55.6 Å². The number of benzene rings is 2. The van der Waals surface area contributed by atoms with Gasteiger partial charge in [0.15, 0.2) is 0 Å². The average molecular weight is 358 g/mol. The van der Waals surface area contributed by atoms with E-state index in [1.807, 2.05) is 18.2 Å². The van der Waals surface area contributed by atoms with Crippen LogP contribution in [0, 0.1) is 5.92 Å². The molecular formula is C19H20ClN3O2. The first-order chi connectivity index (χ1) is 12.1. The molecule has 3 N–H and O–H groups in total. The van der Waals surface area contributed by atoms with E-state index in [9.17, 15) is 9.59 Å². The second kappa shape index (κ2) is 8.14. The van der Waals surface area contributed by atoms with Gasteiger partial charge in [-0.15, -0.1) is 0 Å². The van der Waals surface area contributed by atoms with Crippen LogP contribution in [0.3, 0.4) is 0 Å². The number of hydrogen-bond donors (Lipinski definition) is 3. The highest BCUT2D eigenvalue weighted by Gasteiger charge is 2.20. The molecule has 130 valence electrons. The highest BCUT2D eigenvalue weighted by atomic mass is 35.5. The largest absolute Gasteiger partial charge is 0.325 e. The van der Waals surface area contributed by atoms with Crippen LogP contribution in [0.15, 0.2) is 48.5 Å². The van der Waals surface area contributed by atoms with Crippen molar-refractivity contribution >= 4 is 34.8 Å². The summed E-state index contributed by atoms with van der Waals surface area (Å²) in [6.07, 6.45) is 2.48. The lowest BCUT2D eigenvalue weighted by atomic mass is 10.1. The van der Waals surface area contributed by atoms with Crippen molar-refractivity contribution in [2.45, 2.75) is 12.8 Å². The minimum atomic E-state index is -0.320. The lowest BCUT2D eigenvalue weighted by Gasteiger charge is -2.10. The summed E-state index contributed by atoms with van der Waals surface area (Å²) in [5.41, 5.74) is 1.54. The van der Waals surface area contributed by atoms with Gasteiger partial charge in [-0.2, -0.15) is 0 Å². The normalized spacial score (nSPS) is 13.3. The summed E-state index contributed by atoms with van der Waals surface area (Å²) in [6, 6.07) is 14.0. The molecule has 5 nitrogen and oxygen atoms in total.